The molecule has 9 heteroatoms. The first-order valence-corrected chi connectivity index (χ1v) is 7.22. The lowest BCUT2D eigenvalue weighted by molar-refractivity contribution is 0.598. The maximum Gasteiger partial charge on any atom is 0.238 e. The Hall–Kier alpha value is -1.71. The predicted octanol–water partition coefficient (Wildman–Crippen LogP) is 0.380. The third-order valence-corrected chi connectivity index (χ3v) is 3.75. The fraction of sp³-hybridized carbons (Fsp3) is 0.111. The molecular weight excluding hydrogens is 274 g/mol. The van der Waals surface area contributed by atoms with Gasteiger partial charge < -0.3 is 11.1 Å². The van der Waals surface area contributed by atoms with Gasteiger partial charge in [-0.05, 0) is 17.7 Å². The van der Waals surface area contributed by atoms with E-state index >= 15 is 0 Å². The zero-order valence-electron chi connectivity index (χ0n) is 9.20. The number of nitrogens with one attached hydrogen (secondary N) is 1. The summed E-state index contributed by atoms with van der Waals surface area (Å²) in [7, 11) is -3.64. The molecule has 18 heavy (non-hydrogen) atoms. The van der Waals surface area contributed by atoms with Crippen LogP contribution in [0.2, 0.25) is 0 Å². The normalized spacial score (nSPS) is 11.4. The summed E-state index contributed by atoms with van der Waals surface area (Å²) in [4.78, 5) is 4.03. The number of nitrogens with zero attached hydrogens (tertiary/aromatic N) is 2. The zero-order valence-corrected chi connectivity index (χ0v) is 10.8. The molecule has 7 nitrogen and oxygen atoms in total. The number of rotatable bonds is 4. The summed E-state index contributed by atoms with van der Waals surface area (Å²) in [5.74, 6) is 0.229. The van der Waals surface area contributed by atoms with Gasteiger partial charge in [-0.15, -0.1) is 0 Å². The lowest BCUT2D eigenvalue weighted by Gasteiger charge is -2.03. The lowest BCUT2D eigenvalue weighted by atomic mass is 10.2. The summed E-state index contributed by atoms with van der Waals surface area (Å²) < 4.78 is 25.9. The molecule has 96 valence electrons. The van der Waals surface area contributed by atoms with Crippen LogP contribution in [-0.4, -0.2) is 17.8 Å². The molecule has 1 heterocycles. The number of benzene rings is 1. The predicted molar refractivity (Wildman–Crippen MR) is 69.5 cm³/mol. The minimum atomic E-state index is -3.64. The summed E-state index contributed by atoms with van der Waals surface area (Å²) in [6.07, 6.45) is 0. The van der Waals surface area contributed by atoms with E-state index in [0.717, 1.165) is 17.1 Å². The van der Waals surface area contributed by atoms with Gasteiger partial charge in [0.05, 0.1) is 4.90 Å². The fourth-order valence-corrected chi connectivity index (χ4v) is 2.29. The molecule has 1 aromatic carbocycles. The van der Waals surface area contributed by atoms with Crippen LogP contribution >= 0.6 is 11.5 Å². The van der Waals surface area contributed by atoms with Crippen molar-refractivity contribution in [2.45, 2.75) is 11.4 Å². The van der Waals surface area contributed by atoms with Crippen molar-refractivity contribution in [3.05, 3.63) is 29.8 Å². The third-order valence-electron chi connectivity index (χ3n) is 2.14. The molecule has 0 saturated carbocycles. The first kappa shape index (κ1) is 12.7. The number of nitrogens with two attached hydrogens (primary N) is 2. The van der Waals surface area contributed by atoms with Crippen molar-refractivity contribution in [2.75, 3.05) is 11.1 Å². The average molecular weight is 285 g/mol. The van der Waals surface area contributed by atoms with Gasteiger partial charge in [-0.2, -0.15) is 9.36 Å². The maximum atomic E-state index is 11.1. The van der Waals surface area contributed by atoms with Crippen LogP contribution in [0, 0.1) is 0 Å². The van der Waals surface area contributed by atoms with Gasteiger partial charge in [0.1, 0.15) is 0 Å². The zero-order chi connectivity index (χ0) is 13.2. The monoisotopic (exact) mass is 285 g/mol. The van der Waals surface area contributed by atoms with E-state index in [1.165, 1.54) is 12.1 Å². The van der Waals surface area contributed by atoms with Crippen molar-refractivity contribution in [3.8, 4) is 0 Å². The Bertz CT molecular complexity index is 635. The second-order valence-corrected chi connectivity index (χ2v) is 5.81. The van der Waals surface area contributed by atoms with Crippen LogP contribution in [0.4, 0.5) is 11.1 Å². The van der Waals surface area contributed by atoms with Crippen LogP contribution in [0.5, 0.6) is 0 Å². The summed E-state index contributed by atoms with van der Waals surface area (Å²) in [5, 5.41) is 8.64. The molecule has 0 aliphatic heterocycles. The van der Waals surface area contributed by atoms with Crippen LogP contribution in [-0.2, 0) is 16.6 Å². The van der Waals surface area contributed by atoms with E-state index in [0.29, 0.717) is 11.7 Å². The molecule has 0 atom stereocenters. The second kappa shape index (κ2) is 4.88. The number of aromatic nitrogens is 2. The van der Waals surface area contributed by atoms with Crippen molar-refractivity contribution < 1.29 is 8.42 Å². The quantitative estimate of drug-likeness (QED) is 0.746. The van der Waals surface area contributed by atoms with Crippen LogP contribution in [0.15, 0.2) is 29.2 Å². The van der Waals surface area contributed by atoms with Crippen molar-refractivity contribution in [2.24, 2.45) is 5.14 Å². The topological polar surface area (TPSA) is 124 Å². The Morgan fingerprint density at radius 1 is 1.28 bits per heavy atom. The van der Waals surface area contributed by atoms with E-state index in [4.69, 9.17) is 10.9 Å². The maximum absolute atomic E-state index is 11.1. The molecule has 5 N–H and O–H groups in total. The smallest absolute Gasteiger partial charge is 0.238 e. The van der Waals surface area contributed by atoms with Gasteiger partial charge in [-0.25, -0.2) is 13.6 Å². The van der Waals surface area contributed by atoms with E-state index in [1.54, 1.807) is 12.1 Å². The van der Waals surface area contributed by atoms with Crippen LogP contribution in [0.25, 0.3) is 0 Å². The highest BCUT2D eigenvalue weighted by Crippen LogP contribution is 2.14. The van der Waals surface area contributed by atoms with E-state index < -0.39 is 10.0 Å². The molecule has 2 rings (SSSR count). The Labute approximate surface area is 108 Å². The molecule has 0 aliphatic rings. The number of hydrogen-bond donors (Lipinski definition) is 3. The van der Waals surface area contributed by atoms with Crippen molar-refractivity contribution in [3.63, 3.8) is 0 Å². The first-order valence-electron chi connectivity index (χ1n) is 4.90. The van der Waals surface area contributed by atoms with Crippen molar-refractivity contribution in [1.82, 2.24) is 9.36 Å². The third kappa shape index (κ3) is 3.15. The summed E-state index contributed by atoms with van der Waals surface area (Å²) >= 11 is 1.16. The molecule has 0 unspecified atom stereocenters. The standard InChI is InChI=1S/C9H11N5O2S2/c10-8-13-9(17-14-8)12-5-6-1-3-7(4-2-6)18(11,15)16/h1-4H,5H2,(H2,11,15,16)(H3,10,12,13,14). The van der Waals surface area contributed by atoms with Crippen molar-refractivity contribution in [1.29, 1.82) is 0 Å². The van der Waals surface area contributed by atoms with E-state index in [2.05, 4.69) is 14.7 Å². The number of primary sulfonamides is 1. The van der Waals surface area contributed by atoms with Crippen LogP contribution in [0.1, 0.15) is 5.56 Å². The van der Waals surface area contributed by atoms with E-state index in [1.807, 2.05) is 0 Å². The number of nitrogen functional groups attached to an aromatic ring is 1. The highest BCUT2D eigenvalue weighted by atomic mass is 32.2. The molecule has 0 spiro atoms. The molecule has 0 fully saturated rings. The molecule has 2 aromatic rings. The highest BCUT2D eigenvalue weighted by molar-refractivity contribution is 7.89. The van der Waals surface area contributed by atoms with Gasteiger partial charge in [-0.3, -0.25) is 0 Å². The second-order valence-electron chi connectivity index (χ2n) is 3.50. The minimum Gasteiger partial charge on any atom is -0.367 e. The Kier molecular flexibility index (Phi) is 3.45. The van der Waals surface area contributed by atoms with Crippen LogP contribution in [0.3, 0.4) is 0 Å². The van der Waals surface area contributed by atoms with Gasteiger partial charge in [0.2, 0.25) is 21.1 Å². The lowest BCUT2D eigenvalue weighted by Crippen LogP contribution is -2.12. The van der Waals surface area contributed by atoms with Gasteiger partial charge in [0, 0.05) is 18.1 Å². The highest BCUT2D eigenvalue weighted by Gasteiger charge is 2.06. The Morgan fingerprint density at radius 3 is 2.44 bits per heavy atom. The summed E-state index contributed by atoms with van der Waals surface area (Å²) in [6.45, 7) is 0.500. The van der Waals surface area contributed by atoms with Gasteiger partial charge in [0.15, 0.2) is 0 Å². The average Bonchev–Trinajstić information content (AvgIpc) is 2.72. The molecule has 0 radical (unpaired) electrons. The molecule has 0 aliphatic carbocycles. The van der Waals surface area contributed by atoms with Gasteiger partial charge in [-0.1, -0.05) is 12.1 Å². The molecule has 0 saturated heterocycles. The van der Waals surface area contributed by atoms with E-state index in [9.17, 15) is 8.42 Å². The molecule has 0 amide bonds. The minimum absolute atomic E-state index is 0.0893. The fourth-order valence-electron chi connectivity index (χ4n) is 1.28. The van der Waals surface area contributed by atoms with Gasteiger partial charge >= 0.3 is 0 Å². The SMILES string of the molecule is Nc1nsc(NCc2ccc(S(N)(=O)=O)cc2)n1. The van der Waals surface area contributed by atoms with Crippen LogP contribution < -0.4 is 16.2 Å². The molecular formula is C9H11N5O2S2. The summed E-state index contributed by atoms with van der Waals surface area (Å²) in [5.41, 5.74) is 6.28. The largest absolute Gasteiger partial charge is 0.367 e. The number of anilines is 2. The Morgan fingerprint density at radius 2 is 1.94 bits per heavy atom. The first-order chi connectivity index (χ1) is 8.45. The number of sulfonamides is 1. The van der Waals surface area contributed by atoms with Gasteiger partial charge in [0.25, 0.3) is 0 Å². The molecule has 1 aromatic heterocycles. The number of hydrogen-bond acceptors (Lipinski definition) is 7. The van der Waals surface area contributed by atoms with E-state index in [-0.39, 0.29) is 10.8 Å². The van der Waals surface area contributed by atoms with Crippen molar-refractivity contribution >= 4 is 32.6 Å². The Balaban J connectivity index is 2.03. The summed E-state index contributed by atoms with van der Waals surface area (Å²) in [6, 6.07) is 6.27. The molecule has 0 bridgehead atoms.